The molecule has 0 amide bonds. The van der Waals surface area contributed by atoms with Crippen molar-refractivity contribution >= 4 is 22.3 Å². The SMILES string of the molecule is [Li+].c1csc([B-](C2CCCC2)(C2CCCC2)C2CCCC2)c1. The minimum atomic E-state index is -0.266. The quantitative estimate of drug-likeness (QED) is 0.749. The summed E-state index contributed by atoms with van der Waals surface area (Å²) in [6.45, 7) is 0. The van der Waals surface area contributed by atoms with Crippen LogP contribution in [0.5, 0.6) is 0 Å². The molecule has 1 aromatic rings. The second-order valence-corrected chi connectivity index (χ2v) is 9.21. The van der Waals surface area contributed by atoms with Crippen LogP contribution in [0.3, 0.4) is 0 Å². The zero-order valence-electron chi connectivity index (χ0n) is 14.4. The van der Waals surface area contributed by atoms with Crippen molar-refractivity contribution in [1.82, 2.24) is 0 Å². The van der Waals surface area contributed by atoms with Crippen molar-refractivity contribution in [3.8, 4) is 0 Å². The van der Waals surface area contributed by atoms with Gasteiger partial charge < -0.3 is 0 Å². The fraction of sp³-hybridized carbons (Fsp3) is 0.789. The molecule has 0 bridgehead atoms. The second kappa shape index (κ2) is 7.50. The predicted molar refractivity (Wildman–Crippen MR) is 96.4 cm³/mol. The van der Waals surface area contributed by atoms with Crippen LogP contribution in [0.25, 0.3) is 0 Å². The van der Waals surface area contributed by atoms with E-state index in [4.69, 9.17) is 0 Å². The van der Waals surface area contributed by atoms with Crippen molar-refractivity contribution in [3.05, 3.63) is 17.5 Å². The average molecular weight is 308 g/mol. The first-order chi connectivity index (χ1) is 10.4. The Morgan fingerprint density at radius 3 is 1.45 bits per heavy atom. The molecule has 1 aromatic heterocycles. The van der Waals surface area contributed by atoms with Crippen molar-refractivity contribution in [2.45, 2.75) is 94.5 Å². The summed E-state index contributed by atoms with van der Waals surface area (Å²) in [6, 6.07) is 4.88. The Labute approximate surface area is 152 Å². The summed E-state index contributed by atoms with van der Waals surface area (Å²) in [6.07, 6.45) is 18.1. The maximum Gasteiger partial charge on any atom is 1.00 e. The Hall–Kier alpha value is 0.362. The van der Waals surface area contributed by atoms with E-state index in [0.29, 0.717) is 0 Å². The van der Waals surface area contributed by atoms with E-state index in [1.807, 2.05) is 4.78 Å². The first-order valence-corrected chi connectivity index (χ1v) is 10.5. The van der Waals surface area contributed by atoms with E-state index in [9.17, 15) is 0 Å². The van der Waals surface area contributed by atoms with Crippen molar-refractivity contribution in [3.63, 3.8) is 0 Å². The van der Waals surface area contributed by atoms with E-state index >= 15 is 0 Å². The molecule has 1 heterocycles. The van der Waals surface area contributed by atoms with Gasteiger partial charge in [0.15, 0.2) is 0 Å². The maximum atomic E-state index is 2.54. The fourth-order valence-electron chi connectivity index (χ4n) is 6.95. The number of hydrogen-bond donors (Lipinski definition) is 0. The molecule has 0 nitrogen and oxygen atoms in total. The van der Waals surface area contributed by atoms with E-state index in [1.165, 1.54) is 38.5 Å². The smallest absolute Gasteiger partial charge is 0.192 e. The van der Waals surface area contributed by atoms with Crippen molar-refractivity contribution in [1.29, 1.82) is 0 Å². The molecule has 3 fully saturated rings. The van der Waals surface area contributed by atoms with Gasteiger partial charge in [0.2, 0.25) is 0 Å². The summed E-state index contributed by atoms with van der Waals surface area (Å²) >= 11 is 2.12. The molecule has 0 unspecified atom stereocenters. The minimum absolute atomic E-state index is 0. The summed E-state index contributed by atoms with van der Waals surface area (Å²) in [4.78, 5) is 0. The van der Waals surface area contributed by atoms with Crippen LogP contribution in [0.15, 0.2) is 17.5 Å². The number of hydrogen-bond acceptors (Lipinski definition) is 1. The molecule has 0 aliphatic heterocycles. The monoisotopic (exact) mass is 308 g/mol. The Morgan fingerprint density at radius 1 is 0.727 bits per heavy atom. The van der Waals surface area contributed by atoms with Crippen LogP contribution < -0.4 is 23.6 Å². The van der Waals surface area contributed by atoms with E-state index in [0.717, 1.165) is 17.5 Å². The van der Waals surface area contributed by atoms with Gasteiger partial charge in [-0.15, -0.1) is 0 Å². The molecule has 0 N–H and O–H groups in total. The molecule has 0 atom stereocenters. The van der Waals surface area contributed by atoms with Crippen LogP contribution in [-0.2, 0) is 0 Å². The molecule has 0 spiro atoms. The summed E-state index contributed by atoms with van der Waals surface area (Å²) in [5, 5.41) is 2.37. The van der Waals surface area contributed by atoms with E-state index in [2.05, 4.69) is 28.8 Å². The topological polar surface area (TPSA) is 0 Å². The van der Waals surface area contributed by atoms with Crippen LogP contribution in [-0.4, -0.2) is 6.15 Å². The van der Waals surface area contributed by atoms with E-state index in [-0.39, 0.29) is 25.0 Å². The normalized spacial score (nSPS) is 24.9. The third kappa shape index (κ3) is 2.78. The first kappa shape index (κ1) is 17.2. The first-order valence-electron chi connectivity index (χ1n) is 9.63. The Balaban J connectivity index is 0.00000144. The van der Waals surface area contributed by atoms with Crippen LogP contribution in [0.1, 0.15) is 77.0 Å². The molecule has 22 heavy (non-hydrogen) atoms. The third-order valence-electron chi connectivity index (χ3n) is 7.58. The molecule has 0 aromatic carbocycles. The summed E-state index contributed by atoms with van der Waals surface area (Å²) in [7, 11) is 0. The van der Waals surface area contributed by atoms with Crippen molar-refractivity contribution in [2.24, 2.45) is 0 Å². The number of thiophene rings is 1. The van der Waals surface area contributed by atoms with Gasteiger partial charge in [-0.25, -0.2) is 0 Å². The van der Waals surface area contributed by atoms with Crippen LogP contribution in [0, 0.1) is 0 Å². The van der Waals surface area contributed by atoms with Crippen LogP contribution in [0.4, 0.5) is 0 Å². The van der Waals surface area contributed by atoms with Gasteiger partial charge in [0.25, 0.3) is 0 Å². The van der Waals surface area contributed by atoms with Gasteiger partial charge in [-0.1, -0.05) is 89.2 Å². The van der Waals surface area contributed by atoms with Gasteiger partial charge in [0, 0.05) is 6.15 Å². The minimum Gasteiger partial charge on any atom is -0.192 e. The van der Waals surface area contributed by atoms with Crippen LogP contribution in [0.2, 0.25) is 17.5 Å². The molecule has 3 heteroatoms. The Kier molecular flexibility index (Phi) is 5.86. The van der Waals surface area contributed by atoms with E-state index in [1.54, 1.807) is 38.5 Å². The fourth-order valence-corrected chi connectivity index (χ4v) is 8.24. The van der Waals surface area contributed by atoms with Crippen LogP contribution >= 0.6 is 11.3 Å². The molecular formula is C19H30BLiS. The molecule has 3 saturated carbocycles. The molecule has 3 aliphatic carbocycles. The van der Waals surface area contributed by atoms with Gasteiger partial charge in [0.05, 0.1) is 0 Å². The summed E-state index contributed by atoms with van der Waals surface area (Å²) in [5.74, 6) is 3.19. The molecule has 116 valence electrons. The zero-order chi connectivity index (χ0) is 14.1. The average Bonchev–Trinajstić information content (AvgIpc) is 3.32. The van der Waals surface area contributed by atoms with Crippen molar-refractivity contribution < 1.29 is 18.9 Å². The van der Waals surface area contributed by atoms with Gasteiger partial charge in [0.1, 0.15) is 0 Å². The largest absolute Gasteiger partial charge is 1.00 e. The zero-order valence-corrected chi connectivity index (χ0v) is 15.3. The Bertz CT molecular complexity index is 399. The van der Waals surface area contributed by atoms with Gasteiger partial charge in [-0.3, -0.25) is 0 Å². The molecule has 0 radical (unpaired) electrons. The molecule has 0 saturated heterocycles. The third-order valence-corrected chi connectivity index (χ3v) is 8.69. The standard InChI is InChI=1S/C19H30BS.Li/c1-2-9-16(8-1)20(17-10-3-4-11-17,18-12-5-6-13-18)19-14-7-15-21-19;/h7,14-18H,1-6,8-13H2;/q-1;+1. The molecular weight excluding hydrogens is 278 g/mol. The molecule has 4 rings (SSSR count). The van der Waals surface area contributed by atoms with Gasteiger partial charge in [-0.05, 0) is 5.38 Å². The predicted octanol–water partition coefficient (Wildman–Crippen LogP) is 3.24. The second-order valence-electron chi connectivity index (χ2n) is 8.23. The number of rotatable bonds is 4. The summed E-state index contributed by atoms with van der Waals surface area (Å²) < 4.78 is 1.85. The van der Waals surface area contributed by atoms with Crippen molar-refractivity contribution in [2.75, 3.05) is 0 Å². The summed E-state index contributed by atoms with van der Waals surface area (Å²) in [5.41, 5.74) is 0. The Morgan fingerprint density at radius 2 is 1.14 bits per heavy atom. The molecule has 3 aliphatic rings. The van der Waals surface area contributed by atoms with Gasteiger partial charge >= 0.3 is 18.9 Å². The van der Waals surface area contributed by atoms with E-state index < -0.39 is 0 Å². The van der Waals surface area contributed by atoms with Gasteiger partial charge in [-0.2, -0.15) is 33.6 Å². The maximum absolute atomic E-state index is 2.54.